The Hall–Kier alpha value is -2.93. The molecule has 4 aromatic rings. The highest BCUT2D eigenvalue weighted by atomic mass is 14.9. The summed E-state index contributed by atoms with van der Waals surface area (Å²) in [6.45, 7) is 0.899. The Labute approximate surface area is 136 Å². The second-order valence-corrected chi connectivity index (χ2v) is 5.77. The summed E-state index contributed by atoms with van der Waals surface area (Å²) in [5.74, 6) is 0. The van der Waals surface area contributed by atoms with Gasteiger partial charge in [-0.15, -0.1) is 0 Å². The molecule has 110 valence electrons. The quantitative estimate of drug-likeness (QED) is 0.476. The fraction of sp³-hybridized carbons (Fsp3) is 0.0455. The minimum Gasteiger partial charge on any atom is -0.201 e. The van der Waals surface area contributed by atoms with Crippen molar-refractivity contribution in [1.82, 2.24) is 0 Å². The van der Waals surface area contributed by atoms with Gasteiger partial charge in [-0.25, -0.2) is 4.57 Å². The van der Waals surface area contributed by atoms with Gasteiger partial charge < -0.3 is 0 Å². The van der Waals surface area contributed by atoms with Gasteiger partial charge in [-0.1, -0.05) is 72.8 Å². The maximum atomic E-state index is 2.21. The lowest BCUT2D eigenvalue weighted by molar-refractivity contribution is -0.688. The Morgan fingerprint density at radius 2 is 1.30 bits per heavy atom. The van der Waals surface area contributed by atoms with Crippen LogP contribution in [-0.4, -0.2) is 0 Å². The van der Waals surface area contributed by atoms with Gasteiger partial charge >= 0.3 is 0 Å². The zero-order chi connectivity index (χ0) is 15.5. The molecule has 4 rings (SSSR count). The van der Waals surface area contributed by atoms with Gasteiger partial charge in [-0.3, -0.25) is 0 Å². The third kappa shape index (κ3) is 2.86. The van der Waals surface area contributed by atoms with Crippen molar-refractivity contribution in [1.29, 1.82) is 0 Å². The molecule has 3 aromatic carbocycles. The van der Waals surface area contributed by atoms with Crippen LogP contribution in [0.3, 0.4) is 0 Å². The number of fused-ring (bicyclic) bond motifs is 1. The van der Waals surface area contributed by atoms with E-state index in [9.17, 15) is 0 Å². The van der Waals surface area contributed by atoms with Crippen LogP contribution < -0.4 is 4.57 Å². The number of benzene rings is 3. The van der Waals surface area contributed by atoms with Crippen molar-refractivity contribution in [3.05, 3.63) is 103 Å². The van der Waals surface area contributed by atoms with Crippen LogP contribution in [0.5, 0.6) is 0 Å². The molecule has 0 aliphatic rings. The highest BCUT2D eigenvalue weighted by Crippen LogP contribution is 2.27. The smallest absolute Gasteiger partial charge is 0.173 e. The molecule has 0 aliphatic heterocycles. The van der Waals surface area contributed by atoms with E-state index in [1.807, 2.05) is 0 Å². The molecular formula is C22H18N+. The van der Waals surface area contributed by atoms with Gasteiger partial charge in [-0.2, -0.15) is 0 Å². The van der Waals surface area contributed by atoms with Crippen LogP contribution in [-0.2, 0) is 6.54 Å². The zero-order valence-electron chi connectivity index (χ0n) is 12.9. The molecule has 0 amide bonds. The number of aromatic nitrogens is 1. The van der Waals surface area contributed by atoms with Crippen molar-refractivity contribution in [2.24, 2.45) is 0 Å². The van der Waals surface area contributed by atoms with Crippen molar-refractivity contribution in [2.45, 2.75) is 6.54 Å². The van der Waals surface area contributed by atoms with Crippen molar-refractivity contribution in [2.75, 3.05) is 0 Å². The first kappa shape index (κ1) is 13.7. The third-order valence-electron chi connectivity index (χ3n) is 4.20. The molecule has 23 heavy (non-hydrogen) atoms. The van der Waals surface area contributed by atoms with Crippen LogP contribution in [0.25, 0.3) is 21.9 Å². The molecule has 1 heterocycles. The summed E-state index contributed by atoms with van der Waals surface area (Å²) in [6.07, 6.45) is 4.31. The van der Waals surface area contributed by atoms with Crippen LogP contribution in [0.1, 0.15) is 5.56 Å². The normalized spacial score (nSPS) is 10.8. The molecule has 0 spiro atoms. The fourth-order valence-electron chi connectivity index (χ4n) is 3.01. The summed E-state index contributed by atoms with van der Waals surface area (Å²) in [5.41, 5.74) is 3.86. The van der Waals surface area contributed by atoms with Gasteiger partial charge in [0, 0.05) is 17.7 Å². The molecule has 0 atom stereocenters. The maximum absolute atomic E-state index is 2.21. The summed E-state index contributed by atoms with van der Waals surface area (Å²) in [7, 11) is 0. The number of hydrogen-bond acceptors (Lipinski definition) is 0. The van der Waals surface area contributed by atoms with Crippen LogP contribution >= 0.6 is 0 Å². The van der Waals surface area contributed by atoms with Gasteiger partial charge in [0.2, 0.25) is 0 Å². The van der Waals surface area contributed by atoms with E-state index in [0.29, 0.717) is 0 Å². The number of pyridine rings is 1. The van der Waals surface area contributed by atoms with Crippen LogP contribution in [0.15, 0.2) is 97.3 Å². The average molecular weight is 296 g/mol. The van der Waals surface area contributed by atoms with E-state index in [1.165, 1.54) is 27.5 Å². The predicted octanol–water partition coefficient (Wildman–Crippen LogP) is 4.84. The SMILES string of the molecule is c1ccc(C[n+]2ccc(-c3cccc4ccccc34)cc2)cc1. The lowest BCUT2D eigenvalue weighted by Gasteiger charge is -2.06. The van der Waals surface area contributed by atoms with Gasteiger partial charge in [-0.05, 0) is 21.9 Å². The average Bonchev–Trinajstić information content (AvgIpc) is 2.63. The van der Waals surface area contributed by atoms with Gasteiger partial charge in [0.1, 0.15) is 0 Å². The number of nitrogens with zero attached hydrogens (tertiary/aromatic N) is 1. The predicted molar refractivity (Wildman–Crippen MR) is 95.1 cm³/mol. The van der Waals surface area contributed by atoms with E-state index in [2.05, 4.69) is 102 Å². The van der Waals surface area contributed by atoms with Crippen LogP contribution in [0.2, 0.25) is 0 Å². The Kier molecular flexibility index (Phi) is 3.61. The van der Waals surface area contributed by atoms with E-state index >= 15 is 0 Å². The molecule has 0 aliphatic carbocycles. The van der Waals surface area contributed by atoms with E-state index < -0.39 is 0 Å². The van der Waals surface area contributed by atoms with Crippen molar-refractivity contribution < 1.29 is 4.57 Å². The molecule has 0 unspecified atom stereocenters. The first-order chi connectivity index (χ1) is 11.4. The van der Waals surface area contributed by atoms with E-state index in [-0.39, 0.29) is 0 Å². The summed E-state index contributed by atoms with van der Waals surface area (Å²) < 4.78 is 2.21. The van der Waals surface area contributed by atoms with Crippen LogP contribution in [0, 0.1) is 0 Å². The Bertz CT molecular complexity index is 919. The van der Waals surface area contributed by atoms with Crippen LogP contribution in [0.4, 0.5) is 0 Å². The van der Waals surface area contributed by atoms with Crippen molar-refractivity contribution >= 4 is 10.8 Å². The second kappa shape index (κ2) is 6.05. The second-order valence-electron chi connectivity index (χ2n) is 5.77. The summed E-state index contributed by atoms with van der Waals surface area (Å²) >= 11 is 0. The maximum Gasteiger partial charge on any atom is 0.173 e. The molecule has 0 N–H and O–H groups in total. The Morgan fingerprint density at radius 1 is 0.609 bits per heavy atom. The zero-order valence-corrected chi connectivity index (χ0v) is 12.9. The molecule has 0 saturated heterocycles. The molecular weight excluding hydrogens is 278 g/mol. The van der Waals surface area contributed by atoms with Crippen molar-refractivity contribution in [3.63, 3.8) is 0 Å². The lowest BCUT2D eigenvalue weighted by atomic mass is 9.99. The molecule has 0 radical (unpaired) electrons. The Balaban J connectivity index is 1.68. The van der Waals surface area contributed by atoms with Gasteiger partial charge in [0.05, 0.1) is 0 Å². The topological polar surface area (TPSA) is 3.88 Å². The third-order valence-corrected chi connectivity index (χ3v) is 4.20. The highest BCUT2D eigenvalue weighted by molar-refractivity contribution is 5.96. The minimum atomic E-state index is 0.899. The molecule has 1 heteroatoms. The van der Waals surface area contributed by atoms with E-state index in [1.54, 1.807) is 0 Å². The molecule has 1 aromatic heterocycles. The fourth-order valence-corrected chi connectivity index (χ4v) is 3.01. The summed E-state index contributed by atoms with van der Waals surface area (Å²) in [6, 6.07) is 30.0. The number of rotatable bonds is 3. The highest BCUT2D eigenvalue weighted by Gasteiger charge is 2.06. The van der Waals surface area contributed by atoms with E-state index in [4.69, 9.17) is 0 Å². The van der Waals surface area contributed by atoms with E-state index in [0.717, 1.165) is 6.54 Å². The largest absolute Gasteiger partial charge is 0.201 e. The first-order valence-corrected chi connectivity index (χ1v) is 7.91. The molecule has 1 nitrogen and oxygen atoms in total. The summed E-state index contributed by atoms with van der Waals surface area (Å²) in [4.78, 5) is 0. The minimum absolute atomic E-state index is 0.899. The first-order valence-electron chi connectivity index (χ1n) is 7.91. The van der Waals surface area contributed by atoms with Gasteiger partial charge in [0.25, 0.3) is 0 Å². The number of hydrogen-bond donors (Lipinski definition) is 0. The molecule has 0 bridgehead atoms. The standard InChI is InChI=1S/C22H18N/c1-2-7-18(8-3-1)17-23-15-13-20(14-16-23)22-12-6-10-19-9-4-5-11-21(19)22/h1-16H,17H2/q+1. The molecule has 0 fully saturated rings. The Morgan fingerprint density at radius 3 is 2.13 bits per heavy atom. The van der Waals surface area contributed by atoms with Crippen molar-refractivity contribution in [3.8, 4) is 11.1 Å². The lowest BCUT2D eigenvalue weighted by Crippen LogP contribution is -2.32. The monoisotopic (exact) mass is 296 g/mol. The summed E-state index contributed by atoms with van der Waals surface area (Å²) in [5, 5.41) is 2.59. The molecule has 0 saturated carbocycles. The van der Waals surface area contributed by atoms with Gasteiger partial charge in [0.15, 0.2) is 18.9 Å².